The molecule has 0 atom stereocenters. The maximum atomic E-state index is 11.7. The molecule has 2 rings (SSSR count). The summed E-state index contributed by atoms with van der Waals surface area (Å²) in [5.74, 6) is 0. The van der Waals surface area contributed by atoms with Gasteiger partial charge in [0.2, 0.25) is 0 Å². The Bertz CT molecular complexity index is 738. The minimum absolute atomic E-state index is 0.0995. The highest BCUT2D eigenvalue weighted by atomic mass is 16.6. The maximum absolute atomic E-state index is 11.7. The Labute approximate surface area is 112 Å². The number of hydrogen-bond acceptors (Lipinski definition) is 5. The molecule has 0 amide bonds. The molecule has 8 heteroatoms. The number of nitro benzene ring substituents is 1. The van der Waals surface area contributed by atoms with Gasteiger partial charge in [0.1, 0.15) is 0 Å². The van der Waals surface area contributed by atoms with Crippen LogP contribution in [0.5, 0.6) is 0 Å². The second-order valence-corrected chi connectivity index (χ2v) is 4.00. The van der Waals surface area contributed by atoms with E-state index < -0.39 is 15.4 Å². The van der Waals surface area contributed by atoms with Crippen molar-refractivity contribution in [3.8, 4) is 0 Å². The van der Waals surface area contributed by atoms with Gasteiger partial charge >= 0.3 is 0 Å². The lowest BCUT2D eigenvalue weighted by atomic mass is 10.2. The zero-order valence-corrected chi connectivity index (χ0v) is 10.1. The van der Waals surface area contributed by atoms with Gasteiger partial charge in [0, 0.05) is 23.8 Å². The quantitative estimate of drug-likeness (QED) is 0.623. The summed E-state index contributed by atoms with van der Waals surface area (Å²) in [6.45, 7) is -0.0995. The van der Waals surface area contributed by atoms with E-state index in [2.05, 4.69) is 0 Å². The summed E-state index contributed by atoms with van der Waals surface area (Å²) in [5, 5.41) is 21.6. The van der Waals surface area contributed by atoms with Gasteiger partial charge in [-0.3, -0.25) is 25.0 Å². The predicted molar refractivity (Wildman–Crippen MR) is 69.6 cm³/mol. The lowest BCUT2D eigenvalue weighted by Crippen LogP contribution is -2.19. The standard InChI is InChI=1S/C12H9N3O5/c16-12-6-5-10(14(17)18)8-13(12)7-9-3-1-2-4-11(9)15(19)20/h1-6,8H,7H2. The van der Waals surface area contributed by atoms with Crippen LogP contribution in [-0.2, 0) is 6.54 Å². The van der Waals surface area contributed by atoms with Crippen molar-refractivity contribution in [3.05, 3.63) is 78.7 Å². The zero-order chi connectivity index (χ0) is 14.7. The van der Waals surface area contributed by atoms with Gasteiger partial charge in [0.15, 0.2) is 0 Å². The van der Waals surface area contributed by atoms with Crippen molar-refractivity contribution >= 4 is 11.4 Å². The van der Waals surface area contributed by atoms with Crippen LogP contribution in [0.1, 0.15) is 5.56 Å². The van der Waals surface area contributed by atoms with Crippen molar-refractivity contribution in [2.45, 2.75) is 6.54 Å². The monoisotopic (exact) mass is 275 g/mol. The molecule has 0 saturated carbocycles. The van der Waals surface area contributed by atoms with E-state index in [0.717, 1.165) is 22.9 Å². The smallest absolute Gasteiger partial charge is 0.285 e. The van der Waals surface area contributed by atoms with Crippen LogP contribution in [0.3, 0.4) is 0 Å². The molecule has 0 bridgehead atoms. The number of hydrogen-bond donors (Lipinski definition) is 0. The third kappa shape index (κ3) is 2.69. The molecule has 0 saturated heterocycles. The molecule has 20 heavy (non-hydrogen) atoms. The van der Waals surface area contributed by atoms with Crippen LogP contribution in [0.25, 0.3) is 0 Å². The predicted octanol–water partition coefficient (Wildman–Crippen LogP) is 1.71. The Morgan fingerprint density at radius 2 is 1.70 bits per heavy atom. The fourth-order valence-corrected chi connectivity index (χ4v) is 1.76. The molecule has 1 heterocycles. The van der Waals surface area contributed by atoms with Crippen molar-refractivity contribution in [1.82, 2.24) is 4.57 Å². The molecule has 0 aliphatic carbocycles. The lowest BCUT2D eigenvalue weighted by Gasteiger charge is -2.06. The fourth-order valence-electron chi connectivity index (χ4n) is 1.76. The average Bonchev–Trinajstić information content (AvgIpc) is 2.41. The summed E-state index contributed by atoms with van der Waals surface area (Å²) in [6, 6.07) is 8.09. The Kier molecular flexibility index (Phi) is 3.56. The van der Waals surface area contributed by atoms with Crippen molar-refractivity contribution in [3.63, 3.8) is 0 Å². The van der Waals surface area contributed by atoms with E-state index in [-0.39, 0.29) is 17.9 Å². The van der Waals surface area contributed by atoms with Crippen molar-refractivity contribution < 1.29 is 9.85 Å². The molecule has 0 aliphatic heterocycles. The van der Waals surface area contributed by atoms with E-state index in [9.17, 15) is 25.0 Å². The van der Waals surface area contributed by atoms with E-state index in [1.165, 1.54) is 18.2 Å². The zero-order valence-electron chi connectivity index (χ0n) is 10.1. The summed E-state index contributed by atoms with van der Waals surface area (Å²) in [4.78, 5) is 32.0. The molecule has 102 valence electrons. The fraction of sp³-hybridized carbons (Fsp3) is 0.0833. The minimum atomic E-state index is -0.630. The molecule has 8 nitrogen and oxygen atoms in total. The third-order valence-electron chi connectivity index (χ3n) is 2.71. The maximum Gasteiger partial charge on any atom is 0.285 e. The molecule has 0 spiro atoms. The molecular formula is C12H9N3O5. The summed E-state index contributed by atoms with van der Waals surface area (Å²) in [5.41, 5.74) is -0.539. The molecule has 0 fully saturated rings. The van der Waals surface area contributed by atoms with Gasteiger partial charge in [-0.1, -0.05) is 18.2 Å². The number of nitro groups is 2. The van der Waals surface area contributed by atoms with Crippen molar-refractivity contribution in [2.24, 2.45) is 0 Å². The van der Waals surface area contributed by atoms with Gasteiger partial charge in [-0.05, 0) is 0 Å². The first kappa shape index (κ1) is 13.4. The van der Waals surface area contributed by atoms with Crippen LogP contribution >= 0.6 is 0 Å². The van der Waals surface area contributed by atoms with Gasteiger partial charge < -0.3 is 4.57 Å². The van der Waals surface area contributed by atoms with Crippen LogP contribution < -0.4 is 5.56 Å². The van der Waals surface area contributed by atoms with Gasteiger partial charge in [0.05, 0.1) is 22.6 Å². The van der Waals surface area contributed by atoms with Gasteiger partial charge in [-0.15, -0.1) is 0 Å². The normalized spacial score (nSPS) is 10.2. The van der Waals surface area contributed by atoms with E-state index in [0.29, 0.717) is 5.56 Å². The van der Waals surface area contributed by atoms with Crippen molar-refractivity contribution in [2.75, 3.05) is 0 Å². The highest BCUT2D eigenvalue weighted by Crippen LogP contribution is 2.18. The average molecular weight is 275 g/mol. The summed E-state index contributed by atoms with van der Waals surface area (Å²) in [7, 11) is 0. The third-order valence-corrected chi connectivity index (χ3v) is 2.71. The molecule has 1 aromatic carbocycles. The number of para-hydroxylation sites is 1. The molecule has 1 aromatic heterocycles. The molecule has 0 unspecified atom stereocenters. The van der Waals surface area contributed by atoms with Crippen LogP contribution in [-0.4, -0.2) is 14.4 Å². The first-order chi connectivity index (χ1) is 9.49. The van der Waals surface area contributed by atoms with E-state index in [1.54, 1.807) is 6.07 Å². The highest BCUT2D eigenvalue weighted by Gasteiger charge is 2.14. The van der Waals surface area contributed by atoms with Crippen LogP contribution in [0.2, 0.25) is 0 Å². The number of benzene rings is 1. The van der Waals surface area contributed by atoms with E-state index in [4.69, 9.17) is 0 Å². The molecule has 2 aromatic rings. The topological polar surface area (TPSA) is 108 Å². The van der Waals surface area contributed by atoms with Crippen LogP contribution in [0, 0.1) is 20.2 Å². The molecule has 0 radical (unpaired) electrons. The lowest BCUT2D eigenvalue weighted by molar-refractivity contribution is -0.386. The van der Waals surface area contributed by atoms with Crippen LogP contribution in [0.4, 0.5) is 11.4 Å². The largest absolute Gasteiger partial charge is 0.304 e. The number of nitrogens with zero attached hydrogens (tertiary/aromatic N) is 3. The van der Waals surface area contributed by atoms with Crippen LogP contribution in [0.15, 0.2) is 47.4 Å². The molecular weight excluding hydrogens is 266 g/mol. The summed E-state index contributed by atoms with van der Waals surface area (Å²) in [6.07, 6.45) is 1.07. The Hall–Kier alpha value is -3.03. The minimum Gasteiger partial charge on any atom is -0.304 e. The molecule has 0 N–H and O–H groups in total. The van der Waals surface area contributed by atoms with Gasteiger partial charge in [-0.25, -0.2) is 0 Å². The first-order valence-corrected chi connectivity index (χ1v) is 5.56. The Morgan fingerprint density at radius 3 is 2.35 bits per heavy atom. The number of pyridine rings is 1. The number of rotatable bonds is 4. The first-order valence-electron chi connectivity index (χ1n) is 5.56. The van der Waals surface area contributed by atoms with E-state index >= 15 is 0 Å². The summed E-state index contributed by atoms with van der Waals surface area (Å²) >= 11 is 0. The van der Waals surface area contributed by atoms with E-state index in [1.807, 2.05) is 0 Å². The second kappa shape index (κ2) is 5.31. The molecule has 0 aliphatic rings. The Balaban J connectivity index is 2.45. The Morgan fingerprint density at radius 1 is 1.00 bits per heavy atom. The highest BCUT2D eigenvalue weighted by molar-refractivity contribution is 5.40. The van der Waals surface area contributed by atoms with Crippen molar-refractivity contribution in [1.29, 1.82) is 0 Å². The number of aromatic nitrogens is 1. The van der Waals surface area contributed by atoms with Gasteiger partial charge in [-0.2, -0.15) is 0 Å². The SMILES string of the molecule is O=c1ccc([N+](=O)[O-])cn1Cc1ccccc1[N+](=O)[O-]. The van der Waals surface area contributed by atoms with Gasteiger partial charge in [0.25, 0.3) is 16.9 Å². The summed E-state index contributed by atoms with van der Waals surface area (Å²) < 4.78 is 1.07. The second-order valence-electron chi connectivity index (χ2n) is 4.00.